The fourth-order valence-electron chi connectivity index (χ4n) is 3.44. The van der Waals surface area contributed by atoms with Gasteiger partial charge in [0.1, 0.15) is 6.04 Å². The van der Waals surface area contributed by atoms with E-state index >= 15 is 0 Å². The third kappa shape index (κ3) is 4.05. The lowest BCUT2D eigenvalue weighted by Crippen LogP contribution is -2.48. The molecule has 2 aromatic heterocycles. The smallest absolute Gasteiger partial charge is 0.345 e. The van der Waals surface area contributed by atoms with Crippen molar-refractivity contribution in [1.29, 1.82) is 0 Å². The number of halogens is 3. The average molecular weight is 411 g/mol. The van der Waals surface area contributed by atoms with E-state index in [1.54, 1.807) is 45.0 Å². The molecule has 0 saturated carbocycles. The number of hydrogen-bond donors (Lipinski definition) is 1. The van der Waals surface area contributed by atoms with Crippen molar-refractivity contribution in [3.05, 3.63) is 59.5 Å². The topological polar surface area (TPSA) is 64.0 Å². The van der Waals surface area contributed by atoms with E-state index in [-0.39, 0.29) is 4.90 Å². The minimum absolute atomic E-state index is 0.117. The van der Waals surface area contributed by atoms with E-state index in [1.807, 2.05) is 4.72 Å². The first-order valence-electron chi connectivity index (χ1n) is 8.55. The van der Waals surface area contributed by atoms with Crippen molar-refractivity contribution in [2.45, 2.75) is 44.4 Å². The first kappa shape index (κ1) is 20.3. The molecule has 0 aliphatic heterocycles. The highest BCUT2D eigenvalue weighted by Gasteiger charge is 2.43. The van der Waals surface area contributed by atoms with E-state index in [2.05, 4.69) is 4.98 Å². The van der Waals surface area contributed by atoms with Gasteiger partial charge in [-0.05, 0) is 44.0 Å². The third-order valence-corrected chi connectivity index (χ3v) is 6.29. The normalized spacial score (nSPS) is 13.8. The summed E-state index contributed by atoms with van der Waals surface area (Å²) in [4.78, 5) is 3.82. The van der Waals surface area contributed by atoms with Crippen LogP contribution in [0, 0.1) is 20.8 Å². The van der Waals surface area contributed by atoms with Crippen LogP contribution >= 0.6 is 0 Å². The van der Waals surface area contributed by atoms with Crippen LogP contribution in [0.2, 0.25) is 0 Å². The van der Waals surface area contributed by atoms with Gasteiger partial charge in [0.2, 0.25) is 10.0 Å². The van der Waals surface area contributed by atoms with Crippen LogP contribution in [-0.4, -0.2) is 30.2 Å². The second-order valence-electron chi connectivity index (χ2n) is 6.85. The molecule has 5 nitrogen and oxygen atoms in total. The highest BCUT2D eigenvalue weighted by atomic mass is 32.2. The zero-order valence-corrected chi connectivity index (χ0v) is 16.4. The molecule has 1 unspecified atom stereocenters. The molecule has 0 spiro atoms. The molecule has 0 aliphatic rings. The summed E-state index contributed by atoms with van der Waals surface area (Å²) in [7, 11) is -4.37. The van der Waals surface area contributed by atoms with Gasteiger partial charge >= 0.3 is 6.18 Å². The van der Waals surface area contributed by atoms with Crippen molar-refractivity contribution >= 4 is 20.9 Å². The van der Waals surface area contributed by atoms with E-state index < -0.39 is 28.8 Å². The van der Waals surface area contributed by atoms with E-state index in [4.69, 9.17) is 0 Å². The third-order valence-electron chi connectivity index (χ3n) is 4.52. The number of rotatable bonds is 5. The Kier molecular flexibility index (Phi) is 5.24. The molecular formula is C19H20F3N3O2S. The Bertz CT molecular complexity index is 1100. The van der Waals surface area contributed by atoms with Gasteiger partial charge < -0.3 is 4.57 Å². The summed E-state index contributed by atoms with van der Waals surface area (Å²) in [6, 6.07) is 4.22. The zero-order valence-electron chi connectivity index (χ0n) is 15.6. The van der Waals surface area contributed by atoms with Crippen molar-refractivity contribution in [2.75, 3.05) is 0 Å². The summed E-state index contributed by atoms with van der Waals surface area (Å²) in [5.74, 6) is 0. The average Bonchev–Trinajstić information content (AvgIpc) is 2.95. The van der Waals surface area contributed by atoms with Crippen LogP contribution in [-0.2, 0) is 16.6 Å². The molecule has 1 atom stereocenters. The fourth-order valence-corrected chi connectivity index (χ4v) is 5.11. The van der Waals surface area contributed by atoms with E-state index in [9.17, 15) is 21.6 Å². The maximum absolute atomic E-state index is 13.7. The Labute approximate surface area is 161 Å². The number of pyridine rings is 1. The molecule has 0 aliphatic carbocycles. The summed E-state index contributed by atoms with van der Waals surface area (Å²) in [6.07, 6.45) is -0.257. The number of sulfonamides is 1. The molecule has 3 aromatic rings. The molecule has 3 rings (SSSR count). The predicted molar refractivity (Wildman–Crippen MR) is 101 cm³/mol. The molecule has 1 aromatic carbocycles. The SMILES string of the molecule is Cc1cc(C)c(S(=O)(=O)NC(Cn2ccc3cnccc32)C(F)(F)F)c(C)c1. The van der Waals surface area contributed by atoms with Crippen LogP contribution in [0.3, 0.4) is 0 Å². The number of benzene rings is 1. The van der Waals surface area contributed by atoms with Crippen LogP contribution in [0.25, 0.3) is 10.9 Å². The van der Waals surface area contributed by atoms with Crippen LogP contribution in [0.5, 0.6) is 0 Å². The molecule has 2 heterocycles. The maximum Gasteiger partial charge on any atom is 0.406 e. The van der Waals surface area contributed by atoms with Crippen molar-refractivity contribution in [3.8, 4) is 0 Å². The Hall–Kier alpha value is -2.39. The van der Waals surface area contributed by atoms with Gasteiger partial charge in [0.25, 0.3) is 0 Å². The number of aryl methyl sites for hydroxylation is 3. The molecule has 150 valence electrons. The summed E-state index contributed by atoms with van der Waals surface area (Å²) in [5, 5.41) is 0.677. The Morgan fingerprint density at radius 1 is 1.14 bits per heavy atom. The van der Waals surface area contributed by atoms with Gasteiger partial charge in [-0.2, -0.15) is 17.9 Å². The molecule has 28 heavy (non-hydrogen) atoms. The predicted octanol–water partition coefficient (Wildman–Crippen LogP) is 3.87. The van der Waals surface area contributed by atoms with Gasteiger partial charge in [-0.1, -0.05) is 17.7 Å². The molecule has 0 amide bonds. The van der Waals surface area contributed by atoms with Crippen molar-refractivity contribution < 1.29 is 21.6 Å². The van der Waals surface area contributed by atoms with Crippen molar-refractivity contribution in [3.63, 3.8) is 0 Å². The van der Waals surface area contributed by atoms with Crippen LogP contribution < -0.4 is 4.72 Å². The molecule has 0 saturated heterocycles. The van der Waals surface area contributed by atoms with Gasteiger partial charge in [-0.25, -0.2) is 8.42 Å². The summed E-state index contributed by atoms with van der Waals surface area (Å²) in [6.45, 7) is 4.36. The largest absolute Gasteiger partial charge is 0.406 e. The summed E-state index contributed by atoms with van der Waals surface area (Å²) < 4.78 is 69.9. The quantitative estimate of drug-likeness (QED) is 0.693. The lowest BCUT2D eigenvalue weighted by atomic mass is 10.1. The highest BCUT2D eigenvalue weighted by molar-refractivity contribution is 7.89. The molecular weight excluding hydrogens is 391 g/mol. The van der Waals surface area contributed by atoms with Crippen LogP contribution in [0.4, 0.5) is 13.2 Å². The number of aromatic nitrogens is 2. The number of nitrogens with one attached hydrogen (secondary N) is 1. The molecule has 9 heteroatoms. The number of fused-ring (bicyclic) bond motifs is 1. The number of hydrogen-bond acceptors (Lipinski definition) is 3. The van der Waals surface area contributed by atoms with Gasteiger partial charge in [-0.15, -0.1) is 0 Å². The Morgan fingerprint density at radius 2 is 1.79 bits per heavy atom. The standard InChI is InChI=1S/C19H20F3N3O2S/c1-12-8-13(2)18(14(3)9-12)28(26,27)24-17(19(20,21)22)11-25-7-5-15-10-23-6-4-16(15)25/h4-10,17,24H,11H2,1-3H3. The Morgan fingerprint density at radius 3 is 2.39 bits per heavy atom. The highest BCUT2D eigenvalue weighted by Crippen LogP contribution is 2.27. The number of alkyl halides is 3. The van der Waals surface area contributed by atoms with Crippen LogP contribution in [0.15, 0.2) is 47.8 Å². The zero-order chi connectivity index (χ0) is 20.7. The lowest BCUT2D eigenvalue weighted by Gasteiger charge is -2.23. The lowest BCUT2D eigenvalue weighted by molar-refractivity contribution is -0.154. The second-order valence-corrected chi connectivity index (χ2v) is 8.50. The molecule has 0 radical (unpaired) electrons. The van der Waals surface area contributed by atoms with E-state index in [0.717, 1.165) is 5.56 Å². The van der Waals surface area contributed by atoms with Crippen molar-refractivity contribution in [1.82, 2.24) is 14.3 Å². The Balaban J connectivity index is 1.98. The molecule has 0 fully saturated rings. The van der Waals surface area contributed by atoms with E-state index in [0.29, 0.717) is 22.0 Å². The van der Waals surface area contributed by atoms with E-state index in [1.165, 1.54) is 23.2 Å². The minimum Gasteiger partial charge on any atom is -0.345 e. The fraction of sp³-hybridized carbons (Fsp3) is 0.316. The van der Waals surface area contributed by atoms with Gasteiger partial charge in [-0.3, -0.25) is 4.98 Å². The van der Waals surface area contributed by atoms with Crippen LogP contribution in [0.1, 0.15) is 16.7 Å². The monoisotopic (exact) mass is 411 g/mol. The van der Waals surface area contributed by atoms with Gasteiger partial charge in [0.05, 0.1) is 10.4 Å². The summed E-state index contributed by atoms with van der Waals surface area (Å²) >= 11 is 0. The minimum atomic E-state index is -4.76. The maximum atomic E-state index is 13.7. The number of nitrogens with zero attached hydrogens (tertiary/aromatic N) is 2. The first-order chi connectivity index (χ1) is 13.0. The van der Waals surface area contributed by atoms with Crippen molar-refractivity contribution in [2.24, 2.45) is 0 Å². The summed E-state index contributed by atoms with van der Waals surface area (Å²) in [5.41, 5.74) is 2.20. The second kappa shape index (κ2) is 7.21. The first-order valence-corrected chi connectivity index (χ1v) is 10.0. The van der Waals surface area contributed by atoms with Gasteiger partial charge in [0.15, 0.2) is 0 Å². The molecule has 1 N–H and O–H groups in total. The van der Waals surface area contributed by atoms with Gasteiger partial charge in [0, 0.05) is 30.5 Å². The molecule has 0 bridgehead atoms.